The number of carbonyl (C=O) groups is 2. The van der Waals surface area contributed by atoms with Crippen molar-refractivity contribution in [3.05, 3.63) is 35.4 Å². The predicted molar refractivity (Wildman–Crippen MR) is 114 cm³/mol. The summed E-state index contributed by atoms with van der Waals surface area (Å²) in [5.41, 5.74) is 1.43. The molecule has 0 atom stereocenters. The van der Waals surface area contributed by atoms with Gasteiger partial charge in [-0.15, -0.1) is 0 Å². The summed E-state index contributed by atoms with van der Waals surface area (Å²) in [5.74, 6) is -0.288. The van der Waals surface area contributed by atoms with Gasteiger partial charge in [0.2, 0.25) is 0 Å². The molecule has 2 rings (SSSR count). The molecular formula is C23H36N2O4. The fourth-order valence-electron chi connectivity index (χ4n) is 3.42. The van der Waals surface area contributed by atoms with Crippen LogP contribution in [0.25, 0.3) is 0 Å². The first kappa shape index (κ1) is 23.2. The third-order valence-electron chi connectivity index (χ3n) is 5.09. The molecule has 1 aromatic rings. The zero-order chi connectivity index (χ0) is 21.3. The highest BCUT2D eigenvalue weighted by Crippen LogP contribution is 2.13. The Balaban J connectivity index is 1.54. The normalized spacial score (nSPS) is 15.2. The van der Waals surface area contributed by atoms with Crippen LogP contribution in [0, 0.1) is 0 Å². The summed E-state index contributed by atoms with van der Waals surface area (Å²) in [6.07, 6.45) is 5.61. The maximum Gasteiger partial charge on any atom is 0.410 e. The summed E-state index contributed by atoms with van der Waals surface area (Å²) in [5, 5.41) is 0. The lowest BCUT2D eigenvalue weighted by Crippen LogP contribution is -2.50. The quantitative estimate of drug-likeness (QED) is 0.482. The molecule has 0 aliphatic carbocycles. The molecule has 1 fully saturated rings. The van der Waals surface area contributed by atoms with Gasteiger partial charge in [0.15, 0.2) is 0 Å². The Morgan fingerprint density at radius 3 is 2.14 bits per heavy atom. The van der Waals surface area contributed by atoms with E-state index in [9.17, 15) is 9.59 Å². The van der Waals surface area contributed by atoms with E-state index in [2.05, 4.69) is 4.90 Å². The van der Waals surface area contributed by atoms with Crippen LogP contribution in [0.4, 0.5) is 4.79 Å². The fourth-order valence-corrected chi connectivity index (χ4v) is 3.42. The van der Waals surface area contributed by atoms with Crippen LogP contribution in [0.5, 0.6) is 0 Å². The number of nitrogens with zero attached hydrogens (tertiary/aromatic N) is 2. The molecule has 1 saturated heterocycles. The molecule has 1 heterocycles. The number of ether oxygens (including phenoxy) is 2. The van der Waals surface area contributed by atoms with Crippen LogP contribution in [0.2, 0.25) is 0 Å². The summed E-state index contributed by atoms with van der Waals surface area (Å²) in [6, 6.07) is 7.68. The van der Waals surface area contributed by atoms with Crippen molar-refractivity contribution >= 4 is 12.1 Å². The van der Waals surface area contributed by atoms with Crippen molar-refractivity contribution in [2.75, 3.05) is 39.8 Å². The summed E-state index contributed by atoms with van der Waals surface area (Å²) >= 11 is 0. The molecular weight excluding hydrogens is 368 g/mol. The third-order valence-corrected chi connectivity index (χ3v) is 5.09. The molecule has 0 N–H and O–H groups in total. The summed E-state index contributed by atoms with van der Waals surface area (Å²) in [4.78, 5) is 27.8. The van der Waals surface area contributed by atoms with Crippen molar-refractivity contribution in [3.8, 4) is 0 Å². The molecule has 1 aliphatic rings. The minimum absolute atomic E-state index is 0.197. The standard InChI is InChI=1S/C23H36N2O4/c1-23(2,3)29-22(27)25-17-15-24(16-18-25)14-8-6-5-7-9-19-10-12-20(13-11-19)21(26)28-4/h10-13H,5-9,14-18H2,1-4H3. The van der Waals surface area contributed by atoms with E-state index in [4.69, 9.17) is 9.47 Å². The first-order valence-corrected chi connectivity index (χ1v) is 10.7. The molecule has 1 aliphatic heterocycles. The number of hydrogen-bond donors (Lipinski definition) is 0. The lowest BCUT2D eigenvalue weighted by molar-refractivity contribution is 0.0144. The number of methoxy groups -OCH3 is 1. The van der Waals surface area contributed by atoms with Crippen molar-refractivity contribution in [2.24, 2.45) is 0 Å². The Bertz CT molecular complexity index is 644. The van der Waals surface area contributed by atoms with Crippen LogP contribution in [0.1, 0.15) is 62.4 Å². The molecule has 6 nitrogen and oxygen atoms in total. The highest BCUT2D eigenvalue weighted by molar-refractivity contribution is 5.89. The van der Waals surface area contributed by atoms with E-state index >= 15 is 0 Å². The van der Waals surface area contributed by atoms with Crippen molar-refractivity contribution in [3.63, 3.8) is 0 Å². The van der Waals surface area contributed by atoms with E-state index in [1.807, 2.05) is 49.9 Å². The number of hydrogen-bond acceptors (Lipinski definition) is 5. The van der Waals surface area contributed by atoms with Crippen LogP contribution in [-0.4, -0.2) is 67.3 Å². The second-order valence-corrected chi connectivity index (χ2v) is 8.66. The number of unbranched alkanes of at least 4 members (excludes halogenated alkanes) is 3. The maximum atomic E-state index is 12.1. The van der Waals surface area contributed by atoms with Crippen molar-refractivity contribution in [2.45, 2.75) is 58.5 Å². The third kappa shape index (κ3) is 8.44. The molecule has 0 aromatic heterocycles. The Kier molecular flexibility index (Phi) is 8.96. The van der Waals surface area contributed by atoms with Gasteiger partial charge in [0.25, 0.3) is 0 Å². The van der Waals surface area contributed by atoms with Crippen LogP contribution < -0.4 is 0 Å². The van der Waals surface area contributed by atoms with Gasteiger partial charge in [0.1, 0.15) is 5.60 Å². The van der Waals surface area contributed by atoms with E-state index in [-0.39, 0.29) is 12.1 Å². The summed E-state index contributed by atoms with van der Waals surface area (Å²) < 4.78 is 10.2. The minimum atomic E-state index is -0.433. The smallest absolute Gasteiger partial charge is 0.410 e. The monoisotopic (exact) mass is 404 g/mol. The molecule has 0 saturated carbocycles. The van der Waals surface area contributed by atoms with Gasteiger partial charge in [-0.05, 0) is 64.3 Å². The highest BCUT2D eigenvalue weighted by Gasteiger charge is 2.25. The van der Waals surface area contributed by atoms with E-state index in [0.717, 1.165) is 45.6 Å². The van der Waals surface area contributed by atoms with Crippen molar-refractivity contribution < 1.29 is 19.1 Å². The van der Waals surface area contributed by atoms with E-state index in [0.29, 0.717) is 5.56 Å². The predicted octanol–water partition coefficient (Wildman–Crippen LogP) is 4.13. The minimum Gasteiger partial charge on any atom is -0.465 e. The Morgan fingerprint density at radius 1 is 0.931 bits per heavy atom. The Morgan fingerprint density at radius 2 is 1.55 bits per heavy atom. The fraction of sp³-hybridized carbons (Fsp3) is 0.652. The number of aryl methyl sites for hydroxylation is 1. The largest absolute Gasteiger partial charge is 0.465 e. The van der Waals surface area contributed by atoms with Crippen molar-refractivity contribution in [1.82, 2.24) is 9.80 Å². The van der Waals surface area contributed by atoms with Gasteiger partial charge in [-0.2, -0.15) is 0 Å². The van der Waals surface area contributed by atoms with E-state index in [1.54, 1.807) is 0 Å². The molecule has 0 radical (unpaired) electrons. The van der Waals surface area contributed by atoms with Gasteiger partial charge in [-0.3, -0.25) is 4.90 Å². The Hall–Kier alpha value is -2.08. The molecule has 1 aromatic carbocycles. The average Bonchev–Trinajstić information content (AvgIpc) is 2.69. The number of amides is 1. The number of rotatable bonds is 8. The molecule has 29 heavy (non-hydrogen) atoms. The number of carbonyl (C=O) groups excluding carboxylic acids is 2. The maximum absolute atomic E-state index is 12.1. The second-order valence-electron chi connectivity index (χ2n) is 8.66. The molecule has 162 valence electrons. The van der Waals surface area contributed by atoms with Crippen LogP contribution >= 0.6 is 0 Å². The summed E-state index contributed by atoms with van der Waals surface area (Å²) in [6.45, 7) is 10.1. The SMILES string of the molecule is COC(=O)c1ccc(CCCCCCN2CCN(C(=O)OC(C)(C)C)CC2)cc1. The second kappa shape index (κ2) is 11.2. The van der Waals surface area contributed by atoms with Crippen LogP contribution in [-0.2, 0) is 15.9 Å². The lowest BCUT2D eigenvalue weighted by Gasteiger charge is -2.35. The van der Waals surface area contributed by atoms with E-state index in [1.165, 1.54) is 31.9 Å². The number of esters is 1. The zero-order valence-electron chi connectivity index (χ0n) is 18.4. The molecule has 0 spiro atoms. The zero-order valence-corrected chi connectivity index (χ0v) is 18.4. The van der Waals surface area contributed by atoms with E-state index < -0.39 is 5.60 Å². The van der Waals surface area contributed by atoms with Gasteiger partial charge in [0.05, 0.1) is 12.7 Å². The van der Waals surface area contributed by atoms with Gasteiger partial charge in [0, 0.05) is 26.2 Å². The highest BCUT2D eigenvalue weighted by atomic mass is 16.6. The van der Waals surface area contributed by atoms with Gasteiger partial charge in [-0.1, -0.05) is 25.0 Å². The Labute approximate surface area is 175 Å². The lowest BCUT2D eigenvalue weighted by atomic mass is 10.0. The van der Waals surface area contributed by atoms with Gasteiger partial charge < -0.3 is 14.4 Å². The first-order chi connectivity index (χ1) is 13.8. The van der Waals surface area contributed by atoms with Crippen molar-refractivity contribution in [1.29, 1.82) is 0 Å². The summed E-state index contributed by atoms with van der Waals surface area (Å²) in [7, 11) is 1.40. The molecule has 0 bridgehead atoms. The van der Waals surface area contributed by atoms with Crippen LogP contribution in [0.3, 0.4) is 0 Å². The average molecular weight is 405 g/mol. The topological polar surface area (TPSA) is 59.1 Å². The number of piperazine rings is 1. The molecule has 0 unspecified atom stereocenters. The van der Waals surface area contributed by atoms with Gasteiger partial charge >= 0.3 is 12.1 Å². The van der Waals surface area contributed by atoms with Crippen LogP contribution in [0.15, 0.2) is 24.3 Å². The molecule has 1 amide bonds. The van der Waals surface area contributed by atoms with Gasteiger partial charge in [-0.25, -0.2) is 9.59 Å². The number of benzene rings is 1. The first-order valence-electron chi connectivity index (χ1n) is 10.7. The molecule has 6 heteroatoms.